The van der Waals surface area contributed by atoms with Gasteiger partial charge in [-0.05, 0) is 61.7 Å². The molecule has 0 bridgehead atoms. The van der Waals surface area contributed by atoms with E-state index in [-0.39, 0.29) is 0 Å². The molecule has 2 aliphatic rings. The highest BCUT2D eigenvalue weighted by Crippen LogP contribution is 2.35. The van der Waals surface area contributed by atoms with Gasteiger partial charge in [0.15, 0.2) is 11.5 Å². The Kier molecular flexibility index (Phi) is 5.41. The van der Waals surface area contributed by atoms with Crippen molar-refractivity contribution in [3.8, 4) is 17.2 Å². The highest BCUT2D eigenvalue weighted by atomic mass is 16.7. The fraction of sp³-hybridized carbons (Fsp3) is 0.417. The van der Waals surface area contributed by atoms with Gasteiger partial charge in [0, 0.05) is 55.0 Å². The van der Waals surface area contributed by atoms with Gasteiger partial charge in [0.1, 0.15) is 5.75 Å². The maximum absolute atomic E-state index is 5.52. The fourth-order valence-electron chi connectivity index (χ4n) is 4.45. The van der Waals surface area contributed by atoms with Crippen molar-refractivity contribution in [3.63, 3.8) is 0 Å². The molecular formula is C24H29N3O3. The van der Waals surface area contributed by atoms with E-state index in [1.165, 1.54) is 41.5 Å². The molecule has 30 heavy (non-hydrogen) atoms. The molecule has 1 saturated heterocycles. The van der Waals surface area contributed by atoms with Crippen LogP contribution in [0.25, 0.3) is 10.9 Å². The van der Waals surface area contributed by atoms with Crippen molar-refractivity contribution in [1.82, 2.24) is 9.88 Å². The van der Waals surface area contributed by atoms with Crippen LogP contribution in [0.1, 0.15) is 18.4 Å². The predicted molar refractivity (Wildman–Crippen MR) is 119 cm³/mol. The third-order valence-electron chi connectivity index (χ3n) is 6.24. The molecule has 3 heterocycles. The number of hydrogen-bond donors (Lipinski definition) is 1. The third kappa shape index (κ3) is 3.92. The van der Waals surface area contributed by atoms with Crippen molar-refractivity contribution >= 4 is 16.6 Å². The number of H-pyrrole nitrogens is 1. The fourth-order valence-corrected chi connectivity index (χ4v) is 4.45. The number of hydrogen-bond acceptors (Lipinski definition) is 5. The number of rotatable bonds is 7. The summed E-state index contributed by atoms with van der Waals surface area (Å²) in [5, 5.41) is 1.28. The molecule has 0 spiro atoms. The third-order valence-corrected chi connectivity index (χ3v) is 6.24. The molecule has 158 valence electrons. The molecule has 0 saturated carbocycles. The first-order chi connectivity index (χ1) is 14.8. The molecular weight excluding hydrogens is 378 g/mol. The smallest absolute Gasteiger partial charge is 0.231 e. The van der Waals surface area contributed by atoms with Gasteiger partial charge >= 0.3 is 0 Å². The topological polar surface area (TPSA) is 50.0 Å². The second kappa shape index (κ2) is 8.48. The molecule has 0 aliphatic carbocycles. The van der Waals surface area contributed by atoms with E-state index in [1.54, 1.807) is 7.11 Å². The van der Waals surface area contributed by atoms with Crippen molar-refractivity contribution in [2.45, 2.75) is 19.3 Å². The minimum absolute atomic E-state index is 0.332. The number of methoxy groups -OCH3 is 1. The summed E-state index contributed by atoms with van der Waals surface area (Å²) in [4.78, 5) is 8.40. The maximum atomic E-state index is 5.52. The SMILES string of the molecule is COc1ccc2[nH]cc(CCCCN3CCN(c4ccc5c(c4)OCO5)CC3)c2c1. The van der Waals surface area contributed by atoms with E-state index in [2.05, 4.69) is 45.2 Å². The van der Waals surface area contributed by atoms with E-state index in [1.807, 2.05) is 12.1 Å². The van der Waals surface area contributed by atoms with E-state index in [0.717, 1.165) is 49.8 Å². The first kappa shape index (κ1) is 19.1. The zero-order valence-corrected chi connectivity index (χ0v) is 17.5. The summed E-state index contributed by atoms with van der Waals surface area (Å²) < 4.78 is 16.3. The van der Waals surface area contributed by atoms with Crippen LogP contribution < -0.4 is 19.1 Å². The van der Waals surface area contributed by atoms with Gasteiger partial charge < -0.3 is 24.1 Å². The van der Waals surface area contributed by atoms with Crippen LogP contribution in [0.4, 0.5) is 5.69 Å². The first-order valence-corrected chi connectivity index (χ1v) is 10.8. The van der Waals surface area contributed by atoms with Gasteiger partial charge in [-0.3, -0.25) is 4.90 Å². The Bertz CT molecular complexity index is 1010. The second-order valence-electron chi connectivity index (χ2n) is 8.05. The summed E-state index contributed by atoms with van der Waals surface area (Å²) in [6.07, 6.45) is 5.67. The van der Waals surface area contributed by atoms with Gasteiger partial charge in [-0.2, -0.15) is 0 Å². The zero-order chi connectivity index (χ0) is 20.3. The largest absolute Gasteiger partial charge is 0.497 e. The zero-order valence-electron chi connectivity index (χ0n) is 17.5. The molecule has 6 heteroatoms. The lowest BCUT2D eigenvalue weighted by atomic mass is 10.1. The molecule has 5 rings (SSSR count). The van der Waals surface area contributed by atoms with Crippen LogP contribution in [0.15, 0.2) is 42.6 Å². The maximum Gasteiger partial charge on any atom is 0.231 e. The van der Waals surface area contributed by atoms with E-state index < -0.39 is 0 Å². The Morgan fingerprint density at radius 1 is 0.967 bits per heavy atom. The van der Waals surface area contributed by atoms with Crippen molar-refractivity contribution in [1.29, 1.82) is 0 Å². The Morgan fingerprint density at radius 2 is 1.83 bits per heavy atom. The molecule has 2 aliphatic heterocycles. The number of fused-ring (bicyclic) bond motifs is 2. The second-order valence-corrected chi connectivity index (χ2v) is 8.05. The number of anilines is 1. The number of unbranched alkanes of at least 4 members (excludes halogenated alkanes) is 1. The molecule has 0 radical (unpaired) electrons. The number of nitrogens with zero attached hydrogens (tertiary/aromatic N) is 2. The highest BCUT2D eigenvalue weighted by molar-refractivity contribution is 5.84. The summed E-state index contributed by atoms with van der Waals surface area (Å²) in [5.74, 6) is 2.64. The van der Waals surface area contributed by atoms with Crippen LogP contribution in [-0.4, -0.2) is 56.5 Å². The Hall–Kier alpha value is -2.86. The van der Waals surface area contributed by atoms with E-state index in [4.69, 9.17) is 14.2 Å². The first-order valence-electron chi connectivity index (χ1n) is 10.8. The normalized spacial score (nSPS) is 16.4. The van der Waals surface area contributed by atoms with Crippen LogP contribution in [0.3, 0.4) is 0 Å². The monoisotopic (exact) mass is 407 g/mol. The molecule has 1 aromatic heterocycles. The Morgan fingerprint density at radius 3 is 2.70 bits per heavy atom. The Balaban J connectivity index is 1.08. The number of aromatic nitrogens is 1. The summed E-state index contributed by atoms with van der Waals surface area (Å²) in [7, 11) is 1.72. The summed E-state index contributed by atoms with van der Waals surface area (Å²) >= 11 is 0. The number of benzene rings is 2. The summed E-state index contributed by atoms with van der Waals surface area (Å²) in [6.45, 7) is 5.83. The molecule has 0 atom stereocenters. The van der Waals surface area contributed by atoms with Crippen LogP contribution in [-0.2, 0) is 6.42 Å². The highest BCUT2D eigenvalue weighted by Gasteiger charge is 2.20. The lowest BCUT2D eigenvalue weighted by Crippen LogP contribution is -2.46. The molecule has 0 unspecified atom stereocenters. The standard InChI is InChI=1S/C24H29N3O3/c1-28-20-6-7-22-21(15-20)18(16-25-22)4-2-3-9-26-10-12-27(13-11-26)19-5-8-23-24(14-19)30-17-29-23/h5-8,14-16,25H,2-4,9-13,17H2,1H3. The van der Waals surface area contributed by atoms with E-state index in [9.17, 15) is 0 Å². The molecule has 3 aromatic rings. The van der Waals surface area contributed by atoms with Gasteiger partial charge in [-0.25, -0.2) is 0 Å². The van der Waals surface area contributed by atoms with Gasteiger partial charge in [0.05, 0.1) is 7.11 Å². The number of piperazine rings is 1. The minimum Gasteiger partial charge on any atom is -0.497 e. The van der Waals surface area contributed by atoms with Crippen LogP contribution in [0, 0.1) is 0 Å². The number of nitrogens with one attached hydrogen (secondary N) is 1. The van der Waals surface area contributed by atoms with E-state index >= 15 is 0 Å². The van der Waals surface area contributed by atoms with Crippen LogP contribution in [0.2, 0.25) is 0 Å². The van der Waals surface area contributed by atoms with Crippen molar-refractivity contribution in [2.24, 2.45) is 0 Å². The van der Waals surface area contributed by atoms with Gasteiger partial charge in [-0.1, -0.05) is 0 Å². The van der Waals surface area contributed by atoms with Crippen molar-refractivity contribution < 1.29 is 14.2 Å². The lowest BCUT2D eigenvalue weighted by Gasteiger charge is -2.36. The number of aryl methyl sites for hydroxylation is 1. The Labute approximate surface area is 177 Å². The van der Waals surface area contributed by atoms with Gasteiger partial charge in [0.25, 0.3) is 0 Å². The van der Waals surface area contributed by atoms with Gasteiger partial charge in [-0.15, -0.1) is 0 Å². The summed E-state index contributed by atoms with van der Waals surface area (Å²) in [5.41, 5.74) is 3.80. The molecule has 1 N–H and O–H groups in total. The van der Waals surface area contributed by atoms with E-state index in [0.29, 0.717) is 6.79 Å². The average Bonchev–Trinajstić information content (AvgIpc) is 3.43. The molecule has 0 amide bonds. The lowest BCUT2D eigenvalue weighted by molar-refractivity contribution is 0.174. The molecule has 6 nitrogen and oxygen atoms in total. The van der Waals surface area contributed by atoms with Crippen LogP contribution >= 0.6 is 0 Å². The average molecular weight is 408 g/mol. The quantitative estimate of drug-likeness (QED) is 0.599. The number of ether oxygens (including phenoxy) is 3. The minimum atomic E-state index is 0.332. The number of aromatic amines is 1. The van der Waals surface area contributed by atoms with Crippen molar-refractivity contribution in [2.75, 3.05) is 51.5 Å². The molecule has 1 fully saturated rings. The van der Waals surface area contributed by atoms with Crippen molar-refractivity contribution in [3.05, 3.63) is 48.2 Å². The summed E-state index contributed by atoms with van der Waals surface area (Å²) in [6, 6.07) is 12.5. The van der Waals surface area contributed by atoms with Crippen LogP contribution in [0.5, 0.6) is 17.2 Å². The predicted octanol–water partition coefficient (Wildman–Crippen LogP) is 4.05. The molecule has 2 aromatic carbocycles. The van der Waals surface area contributed by atoms with Gasteiger partial charge in [0.2, 0.25) is 6.79 Å².